The van der Waals surface area contributed by atoms with E-state index in [0.29, 0.717) is 23.7 Å². The minimum Gasteiger partial charge on any atom is -0.479 e. The molecule has 0 aliphatic carbocycles. The van der Waals surface area contributed by atoms with Crippen molar-refractivity contribution in [2.45, 2.75) is 32.8 Å². The number of hydrogen-bond donors (Lipinski definition) is 1. The van der Waals surface area contributed by atoms with E-state index in [4.69, 9.17) is 4.74 Å². The van der Waals surface area contributed by atoms with Crippen molar-refractivity contribution in [3.63, 3.8) is 0 Å². The quantitative estimate of drug-likeness (QED) is 0.631. The highest BCUT2D eigenvalue weighted by Gasteiger charge is 2.31. The third kappa shape index (κ3) is 4.59. The summed E-state index contributed by atoms with van der Waals surface area (Å²) in [6.45, 7) is 7.76. The highest BCUT2D eigenvalue weighted by molar-refractivity contribution is 6.01. The first-order chi connectivity index (χ1) is 11.8. The lowest BCUT2D eigenvalue weighted by Crippen LogP contribution is -2.45. The molecule has 1 aromatic carbocycles. The molecule has 1 unspecified atom stereocenters. The maximum absolute atomic E-state index is 12.4. The molecule has 1 aliphatic rings. The smallest absolute Gasteiger partial charge is 0.306 e. The van der Waals surface area contributed by atoms with Gasteiger partial charge in [-0.15, -0.1) is 0 Å². The van der Waals surface area contributed by atoms with Gasteiger partial charge in [-0.3, -0.25) is 14.4 Å². The Labute approximate surface area is 146 Å². The number of esters is 1. The van der Waals surface area contributed by atoms with Crippen molar-refractivity contribution in [2.24, 2.45) is 0 Å². The van der Waals surface area contributed by atoms with Crippen LogP contribution in [0.3, 0.4) is 0 Å². The molecule has 1 aliphatic heterocycles. The maximum atomic E-state index is 12.4. The zero-order chi connectivity index (χ0) is 18.6. The van der Waals surface area contributed by atoms with Gasteiger partial charge >= 0.3 is 5.97 Å². The van der Waals surface area contributed by atoms with Crippen molar-refractivity contribution in [1.29, 1.82) is 0 Å². The zero-order valence-electron chi connectivity index (χ0n) is 14.6. The van der Waals surface area contributed by atoms with Crippen LogP contribution in [0, 0.1) is 0 Å². The Bertz CT molecular complexity index is 713. The number of amides is 2. The molecule has 25 heavy (non-hydrogen) atoms. The SMILES string of the molecule is C=C(C)CN1C(=O)C(C)Oc2ccc(NC(=O)CCC(=O)OC)cc21. The van der Waals surface area contributed by atoms with E-state index in [2.05, 4.69) is 16.6 Å². The predicted octanol–water partition coefficient (Wildman–Crippen LogP) is 2.27. The van der Waals surface area contributed by atoms with Gasteiger partial charge in [0.1, 0.15) is 5.75 Å². The number of ether oxygens (including phenoxy) is 2. The lowest BCUT2D eigenvalue weighted by atomic mass is 10.1. The summed E-state index contributed by atoms with van der Waals surface area (Å²) in [5.74, 6) is -0.347. The second-order valence-electron chi connectivity index (χ2n) is 5.95. The molecule has 0 aromatic heterocycles. The van der Waals surface area contributed by atoms with Crippen LogP contribution >= 0.6 is 0 Å². The summed E-state index contributed by atoms with van der Waals surface area (Å²) in [4.78, 5) is 37.0. The Morgan fingerprint density at radius 1 is 1.36 bits per heavy atom. The molecular weight excluding hydrogens is 324 g/mol. The molecule has 1 atom stereocenters. The van der Waals surface area contributed by atoms with Crippen LogP contribution in [0.2, 0.25) is 0 Å². The number of fused-ring (bicyclic) bond motifs is 1. The van der Waals surface area contributed by atoms with Crippen molar-refractivity contribution in [3.05, 3.63) is 30.4 Å². The van der Waals surface area contributed by atoms with Gasteiger partial charge in [-0.1, -0.05) is 12.2 Å². The van der Waals surface area contributed by atoms with Crippen molar-refractivity contribution >= 4 is 29.2 Å². The largest absolute Gasteiger partial charge is 0.479 e. The van der Waals surface area contributed by atoms with Crippen molar-refractivity contribution in [3.8, 4) is 5.75 Å². The Balaban J connectivity index is 2.17. The van der Waals surface area contributed by atoms with Gasteiger partial charge in [-0.2, -0.15) is 0 Å². The molecule has 0 bridgehead atoms. The molecule has 0 radical (unpaired) electrons. The second kappa shape index (κ2) is 7.83. The molecule has 134 valence electrons. The number of nitrogens with zero attached hydrogens (tertiary/aromatic N) is 1. The molecule has 0 saturated heterocycles. The van der Waals surface area contributed by atoms with Crippen molar-refractivity contribution in [1.82, 2.24) is 0 Å². The number of nitrogens with one attached hydrogen (secondary N) is 1. The summed E-state index contributed by atoms with van der Waals surface area (Å²) < 4.78 is 10.1. The zero-order valence-corrected chi connectivity index (χ0v) is 14.6. The summed E-state index contributed by atoms with van der Waals surface area (Å²) in [7, 11) is 1.28. The van der Waals surface area contributed by atoms with Gasteiger partial charge in [0.2, 0.25) is 5.91 Å². The third-order valence-electron chi connectivity index (χ3n) is 3.66. The highest BCUT2D eigenvalue weighted by atomic mass is 16.5. The number of benzene rings is 1. The third-order valence-corrected chi connectivity index (χ3v) is 3.66. The summed E-state index contributed by atoms with van der Waals surface area (Å²) in [5, 5.41) is 2.71. The molecule has 7 nitrogen and oxygen atoms in total. The van der Waals surface area contributed by atoms with E-state index in [1.54, 1.807) is 30.0 Å². The Kier molecular flexibility index (Phi) is 5.80. The van der Waals surface area contributed by atoms with Gasteiger partial charge in [-0.05, 0) is 32.0 Å². The second-order valence-corrected chi connectivity index (χ2v) is 5.95. The molecule has 2 amide bonds. The van der Waals surface area contributed by atoms with Gasteiger partial charge in [0, 0.05) is 18.7 Å². The molecule has 1 heterocycles. The number of anilines is 2. The fourth-order valence-electron chi connectivity index (χ4n) is 2.46. The number of carbonyl (C=O) groups excluding carboxylic acids is 3. The standard InChI is InChI=1S/C18H22N2O5/c1-11(2)10-20-14-9-13(19-16(21)7-8-17(22)24-4)5-6-15(14)25-12(3)18(20)23/h5-6,9,12H,1,7-8,10H2,2-4H3,(H,19,21). The number of methoxy groups -OCH3 is 1. The van der Waals surface area contributed by atoms with E-state index in [0.717, 1.165) is 5.57 Å². The molecule has 1 N–H and O–H groups in total. The van der Waals surface area contributed by atoms with Crippen LogP contribution in [0.15, 0.2) is 30.4 Å². The van der Waals surface area contributed by atoms with Crippen molar-refractivity contribution < 1.29 is 23.9 Å². The summed E-state index contributed by atoms with van der Waals surface area (Å²) in [6.07, 6.45) is -0.549. The summed E-state index contributed by atoms with van der Waals surface area (Å²) >= 11 is 0. The Hall–Kier alpha value is -2.83. The molecule has 2 rings (SSSR count). The molecule has 0 saturated carbocycles. The van der Waals surface area contributed by atoms with E-state index in [-0.39, 0.29) is 24.7 Å². The molecule has 0 spiro atoms. The monoisotopic (exact) mass is 346 g/mol. The topological polar surface area (TPSA) is 84.9 Å². The lowest BCUT2D eigenvalue weighted by molar-refractivity contribution is -0.141. The molecule has 7 heteroatoms. The fourth-order valence-corrected chi connectivity index (χ4v) is 2.46. The van der Waals surface area contributed by atoms with E-state index in [1.807, 2.05) is 6.92 Å². The molecular formula is C18H22N2O5. The van der Waals surface area contributed by atoms with Crippen LogP contribution in [0.25, 0.3) is 0 Å². The average Bonchev–Trinajstić information content (AvgIpc) is 2.57. The van der Waals surface area contributed by atoms with Gasteiger partial charge in [0.15, 0.2) is 6.10 Å². The van der Waals surface area contributed by atoms with Crippen LogP contribution in [0.1, 0.15) is 26.7 Å². The van der Waals surface area contributed by atoms with E-state index >= 15 is 0 Å². The number of rotatable bonds is 6. The fraction of sp³-hybridized carbons (Fsp3) is 0.389. The average molecular weight is 346 g/mol. The minimum absolute atomic E-state index is 0.00810. The van der Waals surface area contributed by atoms with E-state index < -0.39 is 12.1 Å². The number of hydrogen-bond acceptors (Lipinski definition) is 5. The lowest BCUT2D eigenvalue weighted by Gasteiger charge is -2.33. The van der Waals surface area contributed by atoms with Gasteiger partial charge < -0.3 is 19.7 Å². The number of carbonyl (C=O) groups is 3. The van der Waals surface area contributed by atoms with Crippen LogP contribution in [0.4, 0.5) is 11.4 Å². The van der Waals surface area contributed by atoms with Gasteiger partial charge in [-0.25, -0.2) is 0 Å². The van der Waals surface area contributed by atoms with Gasteiger partial charge in [0.25, 0.3) is 5.91 Å². The summed E-state index contributed by atoms with van der Waals surface area (Å²) in [5.41, 5.74) is 1.93. The van der Waals surface area contributed by atoms with Crippen LogP contribution < -0.4 is 15.0 Å². The first-order valence-corrected chi connectivity index (χ1v) is 7.95. The maximum Gasteiger partial charge on any atom is 0.306 e. The Morgan fingerprint density at radius 3 is 2.72 bits per heavy atom. The predicted molar refractivity (Wildman–Crippen MR) is 93.6 cm³/mol. The van der Waals surface area contributed by atoms with E-state index in [9.17, 15) is 14.4 Å². The molecule has 1 aromatic rings. The van der Waals surface area contributed by atoms with Crippen molar-refractivity contribution in [2.75, 3.05) is 23.9 Å². The minimum atomic E-state index is -0.577. The summed E-state index contributed by atoms with van der Waals surface area (Å²) in [6, 6.07) is 5.08. The van der Waals surface area contributed by atoms with Crippen LogP contribution in [-0.4, -0.2) is 37.5 Å². The van der Waals surface area contributed by atoms with Crippen LogP contribution in [0.5, 0.6) is 5.75 Å². The molecule has 0 fully saturated rings. The highest BCUT2D eigenvalue weighted by Crippen LogP contribution is 2.36. The normalized spacial score (nSPS) is 15.9. The first-order valence-electron chi connectivity index (χ1n) is 7.95. The van der Waals surface area contributed by atoms with E-state index in [1.165, 1.54) is 7.11 Å². The van der Waals surface area contributed by atoms with Crippen LogP contribution in [-0.2, 0) is 19.1 Å². The Morgan fingerprint density at radius 2 is 2.08 bits per heavy atom. The first kappa shape index (κ1) is 18.5. The van der Waals surface area contributed by atoms with Gasteiger partial charge in [0.05, 0.1) is 19.2 Å².